The number of aryl methyl sites for hydroxylation is 1. The summed E-state index contributed by atoms with van der Waals surface area (Å²) in [6, 6.07) is 9.81. The molecule has 1 aliphatic rings. The molecule has 96 valence electrons. The number of nitrogens with zero attached hydrogens (tertiary/aromatic N) is 1. The molecule has 19 heavy (non-hydrogen) atoms. The summed E-state index contributed by atoms with van der Waals surface area (Å²) in [5, 5.41) is 0.711. The van der Waals surface area contributed by atoms with Crippen LogP contribution in [0.15, 0.2) is 30.3 Å². The average Bonchev–Trinajstić information content (AvgIpc) is 2.39. The number of carbonyl (C=O) groups excluding carboxylic acids is 1. The highest BCUT2D eigenvalue weighted by Crippen LogP contribution is 2.32. The highest BCUT2D eigenvalue weighted by molar-refractivity contribution is 6.30. The number of ketones is 1. The molecule has 0 atom stereocenters. The van der Waals surface area contributed by atoms with Gasteiger partial charge in [0.2, 0.25) is 0 Å². The number of aromatic nitrogens is 1. The van der Waals surface area contributed by atoms with Gasteiger partial charge in [0.15, 0.2) is 5.78 Å². The third kappa shape index (κ3) is 2.28. The van der Waals surface area contributed by atoms with E-state index in [0.29, 0.717) is 17.1 Å². The van der Waals surface area contributed by atoms with Gasteiger partial charge in [-0.1, -0.05) is 23.7 Å². The fourth-order valence-electron chi connectivity index (χ4n) is 2.64. The van der Waals surface area contributed by atoms with Crippen molar-refractivity contribution in [3.8, 4) is 11.1 Å². The topological polar surface area (TPSA) is 30.0 Å². The van der Waals surface area contributed by atoms with E-state index in [1.165, 1.54) is 0 Å². The Labute approximate surface area is 117 Å². The van der Waals surface area contributed by atoms with Gasteiger partial charge in [0.1, 0.15) is 5.69 Å². The maximum atomic E-state index is 12.0. The molecule has 0 unspecified atom stereocenters. The second-order valence-corrected chi connectivity index (χ2v) is 5.36. The Balaban J connectivity index is 2.24. The minimum Gasteiger partial charge on any atom is -0.292 e. The molecule has 0 N–H and O–H groups in total. The Morgan fingerprint density at radius 3 is 2.84 bits per heavy atom. The van der Waals surface area contributed by atoms with Crippen LogP contribution in [-0.4, -0.2) is 10.8 Å². The summed E-state index contributed by atoms with van der Waals surface area (Å²) in [5.41, 5.74) is 4.76. The first-order chi connectivity index (χ1) is 9.15. The summed E-state index contributed by atoms with van der Waals surface area (Å²) in [4.78, 5) is 16.4. The van der Waals surface area contributed by atoms with Crippen LogP contribution in [0.4, 0.5) is 0 Å². The third-order valence-electron chi connectivity index (χ3n) is 3.48. The lowest BCUT2D eigenvalue weighted by atomic mass is 9.88. The van der Waals surface area contributed by atoms with Gasteiger partial charge in [0.05, 0.1) is 0 Å². The van der Waals surface area contributed by atoms with Crippen molar-refractivity contribution in [2.24, 2.45) is 0 Å². The van der Waals surface area contributed by atoms with E-state index < -0.39 is 0 Å². The van der Waals surface area contributed by atoms with Crippen LogP contribution >= 0.6 is 11.6 Å². The predicted octanol–water partition coefficient (Wildman–Crippen LogP) is 4.23. The predicted molar refractivity (Wildman–Crippen MR) is 76.7 cm³/mol. The molecule has 0 radical (unpaired) electrons. The number of benzene rings is 1. The van der Waals surface area contributed by atoms with Crippen molar-refractivity contribution < 1.29 is 4.79 Å². The van der Waals surface area contributed by atoms with Crippen LogP contribution in [0.2, 0.25) is 5.02 Å². The molecule has 3 heteroatoms. The molecule has 1 aliphatic carbocycles. The molecule has 0 aliphatic heterocycles. The molecule has 0 fully saturated rings. The number of halogens is 1. The fraction of sp³-hybridized carbons (Fsp3) is 0.250. The molecular formula is C16H14ClNO. The Morgan fingerprint density at radius 2 is 2.05 bits per heavy atom. The van der Waals surface area contributed by atoms with Gasteiger partial charge in [-0.05, 0) is 54.7 Å². The van der Waals surface area contributed by atoms with Crippen LogP contribution in [0.5, 0.6) is 0 Å². The van der Waals surface area contributed by atoms with Crippen molar-refractivity contribution in [1.29, 1.82) is 0 Å². The highest BCUT2D eigenvalue weighted by atomic mass is 35.5. The van der Waals surface area contributed by atoms with Crippen LogP contribution in [0.1, 0.15) is 34.6 Å². The molecule has 2 nitrogen and oxygen atoms in total. The van der Waals surface area contributed by atoms with E-state index >= 15 is 0 Å². The molecule has 2 aromatic rings. The SMILES string of the molecule is Cc1cc(-c2cccc(Cl)c2)c2c(n1)C(=O)CCC2. The zero-order valence-electron chi connectivity index (χ0n) is 10.7. The summed E-state index contributed by atoms with van der Waals surface area (Å²) in [5.74, 6) is 0.160. The third-order valence-corrected chi connectivity index (χ3v) is 3.72. The van der Waals surface area contributed by atoms with E-state index in [1.807, 2.05) is 37.3 Å². The lowest BCUT2D eigenvalue weighted by Crippen LogP contribution is -2.15. The average molecular weight is 272 g/mol. The first kappa shape index (κ1) is 12.4. The normalized spacial score (nSPS) is 14.3. The zero-order valence-corrected chi connectivity index (χ0v) is 11.5. The lowest BCUT2D eigenvalue weighted by Gasteiger charge is -2.18. The second-order valence-electron chi connectivity index (χ2n) is 4.93. The van der Waals surface area contributed by atoms with Crippen LogP contribution in [-0.2, 0) is 6.42 Å². The van der Waals surface area contributed by atoms with Crippen molar-refractivity contribution in [2.75, 3.05) is 0 Å². The molecule has 0 saturated carbocycles. The molecule has 0 saturated heterocycles. The van der Waals surface area contributed by atoms with Crippen molar-refractivity contribution in [2.45, 2.75) is 26.2 Å². The fourth-order valence-corrected chi connectivity index (χ4v) is 2.83. The van der Waals surface area contributed by atoms with Crippen LogP contribution in [0.25, 0.3) is 11.1 Å². The van der Waals surface area contributed by atoms with E-state index in [0.717, 1.165) is 35.2 Å². The maximum absolute atomic E-state index is 12.0. The summed E-state index contributed by atoms with van der Waals surface area (Å²) >= 11 is 6.06. The number of hydrogen-bond acceptors (Lipinski definition) is 2. The summed E-state index contributed by atoms with van der Waals surface area (Å²) < 4.78 is 0. The van der Waals surface area contributed by atoms with Gasteiger partial charge < -0.3 is 0 Å². The number of carbonyl (C=O) groups is 1. The maximum Gasteiger partial charge on any atom is 0.181 e. The molecule has 1 heterocycles. The number of pyridine rings is 1. The van der Waals surface area contributed by atoms with Gasteiger partial charge in [-0.2, -0.15) is 0 Å². The monoisotopic (exact) mass is 271 g/mol. The lowest BCUT2D eigenvalue weighted by molar-refractivity contribution is 0.0967. The number of rotatable bonds is 1. The van der Waals surface area contributed by atoms with Gasteiger partial charge in [-0.15, -0.1) is 0 Å². The molecule has 3 rings (SSSR count). The first-order valence-corrected chi connectivity index (χ1v) is 6.82. The van der Waals surface area contributed by atoms with Crippen LogP contribution < -0.4 is 0 Å². The molecule has 0 bridgehead atoms. The Kier molecular flexibility index (Phi) is 3.11. The highest BCUT2D eigenvalue weighted by Gasteiger charge is 2.22. The van der Waals surface area contributed by atoms with E-state index in [-0.39, 0.29) is 5.78 Å². The number of fused-ring (bicyclic) bond motifs is 1. The minimum atomic E-state index is 0.160. The van der Waals surface area contributed by atoms with E-state index in [4.69, 9.17) is 11.6 Å². The summed E-state index contributed by atoms with van der Waals surface area (Å²) in [7, 11) is 0. The largest absolute Gasteiger partial charge is 0.292 e. The molecule has 1 aromatic carbocycles. The Bertz CT molecular complexity index is 664. The van der Waals surface area contributed by atoms with Crippen molar-refractivity contribution >= 4 is 17.4 Å². The number of Topliss-reactive ketones (excluding diaryl/α,β-unsaturated/α-hetero) is 1. The smallest absolute Gasteiger partial charge is 0.181 e. The van der Waals surface area contributed by atoms with E-state index in [1.54, 1.807) is 0 Å². The molecular weight excluding hydrogens is 258 g/mol. The van der Waals surface area contributed by atoms with Gasteiger partial charge in [-0.25, -0.2) is 4.98 Å². The first-order valence-electron chi connectivity index (χ1n) is 6.45. The molecule has 0 amide bonds. The Hall–Kier alpha value is -1.67. The standard InChI is InChI=1S/C16H14ClNO/c1-10-8-14(11-4-2-5-12(17)9-11)13-6-3-7-15(19)16(13)18-10/h2,4-5,8-9H,3,6-7H2,1H3. The summed E-state index contributed by atoms with van der Waals surface area (Å²) in [6.45, 7) is 1.93. The van der Waals surface area contributed by atoms with Gasteiger partial charge in [0, 0.05) is 17.1 Å². The van der Waals surface area contributed by atoms with Crippen molar-refractivity contribution in [3.63, 3.8) is 0 Å². The molecule has 1 aromatic heterocycles. The van der Waals surface area contributed by atoms with Gasteiger partial charge in [-0.3, -0.25) is 4.79 Å². The van der Waals surface area contributed by atoms with Gasteiger partial charge in [0.25, 0.3) is 0 Å². The van der Waals surface area contributed by atoms with Gasteiger partial charge >= 0.3 is 0 Å². The van der Waals surface area contributed by atoms with E-state index in [2.05, 4.69) is 4.98 Å². The zero-order chi connectivity index (χ0) is 13.4. The Morgan fingerprint density at radius 1 is 1.21 bits per heavy atom. The van der Waals surface area contributed by atoms with Crippen molar-refractivity contribution in [3.05, 3.63) is 52.3 Å². The van der Waals surface area contributed by atoms with Crippen molar-refractivity contribution in [1.82, 2.24) is 4.98 Å². The quantitative estimate of drug-likeness (QED) is 0.777. The molecule has 0 spiro atoms. The van der Waals surface area contributed by atoms with Crippen LogP contribution in [0, 0.1) is 6.92 Å². The van der Waals surface area contributed by atoms with Crippen LogP contribution in [0.3, 0.4) is 0 Å². The number of hydrogen-bond donors (Lipinski definition) is 0. The minimum absolute atomic E-state index is 0.160. The summed E-state index contributed by atoms with van der Waals surface area (Å²) in [6.07, 6.45) is 2.43. The second kappa shape index (κ2) is 4.78. The van der Waals surface area contributed by atoms with E-state index in [9.17, 15) is 4.79 Å².